The normalized spacial score (nSPS) is 29.7. The van der Waals surface area contributed by atoms with Gasteiger partial charge in [0.25, 0.3) is 5.56 Å². The van der Waals surface area contributed by atoms with Crippen molar-refractivity contribution in [1.82, 2.24) is 9.55 Å². The van der Waals surface area contributed by atoms with Gasteiger partial charge in [-0.25, -0.2) is 4.79 Å². The summed E-state index contributed by atoms with van der Waals surface area (Å²) in [5.74, 6) is 0. The molecule has 1 aromatic heterocycles. The quantitative estimate of drug-likeness (QED) is 0.324. The highest BCUT2D eigenvalue weighted by Gasteiger charge is 2.44. The molecule has 0 radical (unpaired) electrons. The van der Waals surface area contributed by atoms with Crippen molar-refractivity contribution in [2.45, 2.75) is 30.6 Å². The van der Waals surface area contributed by atoms with E-state index in [9.17, 15) is 19.8 Å². The summed E-state index contributed by atoms with van der Waals surface area (Å²) in [5.41, 5.74) is -1.17. The Hall–Kier alpha value is -0.790. The Labute approximate surface area is 138 Å². The molecule has 0 amide bonds. The number of rotatable bonds is 5. The number of halogens is 1. The first-order chi connectivity index (χ1) is 10.4. The fourth-order valence-electron chi connectivity index (χ4n) is 2.30. The van der Waals surface area contributed by atoms with Crippen LogP contribution in [0.3, 0.4) is 0 Å². The largest absolute Gasteiger partial charge is 0.394 e. The molecule has 1 aromatic rings. The maximum Gasteiger partial charge on any atom is 0.330 e. The van der Waals surface area contributed by atoms with Crippen molar-refractivity contribution >= 4 is 22.6 Å². The summed E-state index contributed by atoms with van der Waals surface area (Å²) in [5, 5.41) is 28.8. The number of H-pyrrole nitrogens is 1. The summed E-state index contributed by atoms with van der Waals surface area (Å²) in [6.45, 7) is -0.506. The minimum atomic E-state index is -1.41. The third-order valence-corrected chi connectivity index (χ3v) is 4.36. The highest BCUT2D eigenvalue weighted by Crippen LogP contribution is 2.28. The molecular formula is C12H17IN2O7. The number of alkyl halides is 1. The maximum atomic E-state index is 12.0. The first-order valence-electron chi connectivity index (χ1n) is 6.51. The molecule has 2 rings (SSSR count). The van der Waals surface area contributed by atoms with Crippen molar-refractivity contribution in [3.8, 4) is 0 Å². The fourth-order valence-corrected chi connectivity index (χ4v) is 3.14. The second-order valence-corrected chi connectivity index (χ2v) is 5.74. The van der Waals surface area contributed by atoms with Gasteiger partial charge in [-0.1, -0.05) is 22.6 Å². The number of hydrogen-bond donors (Lipinski definition) is 4. The zero-order valence-corrected chi connectivity index (χ0v) is 13.8. The molecule has 4 N–H and O–H groups in total. The molecule has 0 bridgehead atoms. The topological polar surface area (TPSA) is 134 Å². The summed E-state index contributed by atoms with van der Waals surface area (Å²) >= 11 is 2.04. The Morgan fingerprint density at radius 3 is 2.64 bits per heavy atom. The Bertz CT molecular complexity index is 627. The molecule has 1 aliphatic heterocycles. The van der Waals surface area contributed by atoms with Gasteiger partial charge in [0.15, 0.2) is 6.23 Å². The van der Waals surface area contributed by atoms with Gasteiger partial charge in [0.1, 0.15) is 18.3 Å². The van der Waals surface area contributed by atoms with E-state index in [4.69, 9.17) is 14.6 Å². The van der Waals surface area contributed by atoms with Crippen molar-refractivity contribution in [2.75, 3.05) is 18.1 Å². The first-order valence-corrected chi connectivity index (χ1v) is 8.03. The predicted octanol–water partition coefficient (Wildman–Crippen LogP) is -1.73. The summed E-state index contributed by atoms with van der Waals surface area (Å²) in [4.78, 5) is 26.0. The zero-order valence-electron chi connectivity index (χ0n) is 11.7. The zero-order chi connectivity index (χ0) is 16.4. The lowest BCUT2D eigenvalue weighted by Gasteiger charge is -2.19. The number of nitrogens with zero attached hydrogens (tertiary/aromatic N) is 1. The molecule has 0 spiro atoms. The van der Waals surface area contributed by atoms with E-state index in [0.29, 0.717) is 4.43 Å². The minimum absolute atomic E-state index is 0.203. The molecular weight excluding hydrogens is 411 g/mol. The number of aliphatic hydroxyl groups is 3. The van der Waals surface area contributed by atoms with Crippen LogP contribution in [0, 0.1) is 0 Å². The molecule has 0 aliphatic carbocycles. The summed E-state index contributed by atoms with van der Waals surface area (Å²) in [7, 11) is 1.44. The average Bonchev–Trinajstić information content (AvgIpc) is 2.78. The molecule has 5 atom stereocenters. The number of aromatic nitrogens is 2. The van der Waals surface area contributed by atoms with Gasteiger partial charge >= 0.3 is 5.69 Å². The molecule has 0 aromatic carbocycles. The van der Waals surface area contributed by atoms with Crippen molar-refractivity contribution in [3.63, 3.8) is 0 Å². The number of hydrogen-bond acceptors (Lipinski definition) is 7. The molecule has 0 saturated carbocycles. The summed E-state index contributed by atoms with van der Waals surface area (Å²) in [6.07, 6.45) is -4.25. The third kappa shape index (κ3) is 3.12. The number of aliphatic hydroxyl groups excluding tert-OH is 3. The standard InChI is InChI=1S/C12H17IN2O7/c1-21-6(2-13)5-3-15(12(20)14-10(5)19)11-9(18)8(17)7(4-16)22-11/h3,6-9,11,16-18H,2,4H2,1H3,(H,14,19,20)/t6?,7-,8-,9-,11?/m1/s1. The van der Waals surface area contributed by atoms with Gasteiger partial charge in [0.05, 0.1) is 18.3 Å². The molecule has 1 fully saturated rings. The number of nitrogens with one attached hydrogen (secondary N) is 1. The van der Waals surface area contributed by atoms with E-state index in [1.165, 1.54) is 13.3 Å². The van der Waals surface area contributed by atoms with Gasteiger partial charge in [-0.3, -0.25) is 14.3 Å². The van der Waals surface area contributed by atoms with E-state index < -0.39 is 48.5 Å². The van der Waals surface area contributed by atoms with Crippen LogP contribution in [0.25, 0.3) is 0 Å². The number of methoxy groups -OCH3 is 1. The van der Waals surface area contributed by atoms with Crippen LogP contribution in [0.1, 0.15) is 17.9 Å². The monoisotopic (exact) mass is 428 g/mol. The van der Waals surface area contributed by atoms with E-state index in [2.05, 4.69) is 4.98 Å². The third-order valence-electron chi connectivity index (χ3n) is 3.56. The van der Waals surface area contributed by atoms with Gasteiger partial charge < -0.3 is 24.8 Å². The van der Waals surface area contributed by atoms with Crippen molar-refractivity contribution in [2.24, 2.45) is 0 Å². The summed E-state index contributed by atoms with van der Waals surface area (Å²) < 4.78 is 11.9. The van der Waals surface area contributed by atoms with Crippen LogP contribution in [0.15, 0.2) is 15.8 Å². The van der Waals surface area contributed by atoms with Crippen molar-refractivity contribution < 1.29 is 24.8 Å². The van der Waals surface area contributed by atoms with Gasteiger partial charge in [-0.15, -0.1) is 0 Å². The molecule has 10 heteroatoms. The Morgan fingerprint density at radius 1 is 1.45 bits per heavy atom. The van der Waals surface area contributed by atoms with E-state index in [1.54, 1.807) is 0 Å². The van der Waals surface area contributed by atoms with Crippen LogP contribution in [0.5, 0.6) is 0 Å². The molecule has 2 unspecified atom stereocenters. The molecule has 2 heterocycles. The Morgan fingerprint density at radius 2 is 2.14 bits per heavy atom. The van der Waals surface area contributed by atoms with Crippen molar-refractivity contribution in [3.05, 3.63) is 32.6 Å². The van der Waals surface area contributed by atoms with Gasteiger partial charge in [-0.05, 0) is 0 Å². The van der Waals surface area contributed by atoms with Crippen LogP contribution in [-0.4, -0.2) is 61.3 Å². The van der Waals surface area contributed by atoms with Crippen molar-refractivity contribution in [1.29, 1.82) is 0 Å². The maximum absolute atomic E-state index is 12.0. The van der Waals surface area contributed by atoms with Gasteiger partial charge in [0, 0.05) is 17.7 Å². The smallest absolute Gasteiger partial charge is 0.330 e. The van der Waals surface area contributed by atoms with Crippen LogP contribution in [-0.2, 0) is 9.47 Å². The SMILES string of the molecule is COC(CI)c1cn(C2O[C@H](CO)[C@@H](O)[C@H]2O)c(=O)[nH]c1=O. The van der Waals surface area contributed by atoms with Crippen LogP contribution in [0.4, 0.5) is 0 Å². The molecule has 1 aliphatic rings. The number of aromatic amines is 1. The van der Waals surface area contributed by atoms with E-state index >= 15 is 0 Å². The molecule has 22 heavy (non-hydrogen) atoms. The first kappa shape index (κ1) is 17.6. The lowest BCUT2D eigenvalue weighted by molar-refractivity contribution is -0.0553. The molecule has 1 saturated heterocycles. The van der Waals surface area contributed by atoms with E-state index in [1.807, 2.05) is 22.6 Å². The lowest BCUT2D eigenvalue weighted by Crippen LogP contribution is -2.39. The van der Waals surface area contributed by atoms with E-state index in [0.717, 1.165) is 4.57 Å². The van der Waals surface area contributed by atoms with Gasteiger partial charge in [-0.2, -0.15) is 0 Å². The second kappa shape index (κ2) is 7.19. The molecule has 9 nitrogen and oxygen atoms in total. The average molecular weight is 428 g/mol. The van der Waals surface area contributed by atoms with Gasteiger partial charge in [0.2, 0.25) is 0 Å². The highest BCUT2D eigenvalue weighted by atomic mass is 127. The van der Waals surface area contributed by atoms with E-state index in [-0.39, 0.29) is 5.56 Å². The highest BCUT2D eigenvalue weighted by molar-refractivity contribution is 14.1. The Kier molecular flexibility index (Phi) is 5.74. The number of ether oxygens (including phenoxy) is 2. The predicted molar refractivity (Wildman–Crippen MR) is 83.0 cm³/mol. The van der Waals surface area contributed by atoms with Crippen LogP contribution >= 0.6 is 22.6 Å². The summed E-state index contributed by atoms with van der Waals surface area (Å²) in [6, 6.07) is 0. The van der Waals surface area contributed by atoms with Crippen LogP contribution in [0.2, 0.25) is 0 Å². The Balaban J connectivity index is 2.46. The fraction of sp³-hybridized carbons (Fsp3) is 0.667. The lowest BCUT2D eigenvalue weighted by atomic mass is 10.1. The van der Waals surface area contributed by atoms with Crippen LogP contribution < -0.4 is 11.2 Å². The minimum Gasteiger partial charge on any atom is -0.394 e. The second-order valence-electron chi connectivity index (χ2n) is 4.86. The molecule has 124 valence electrons.